The van der Waals surface area contributed by atoms with Gasteiger partial charge in [0.25, 0.3) is 0 Å². The van der Waals surface area contributed by atoms with Crippen LogP contribution >= 0.6 is 0 Å². The zero-order valence-corrected chi connectivity index (χ0v) is 13.1. The molecular formula is C19H22O3. The highest BCUT2D eigenvalue weighted by Crippen LogP contribution is 2.23. The molecule has 1 atom stereocenters. The quantitative estimate of drug-likeness (QED) is 0.823. The van der Waals surface area contributed by atoms with Crippen molar-refractivity contribution in [2.75, 3.05) is 7.11 Å². The van der Waals surface area contributed by atoms with Crippen LogP contribution < -0.4 is 4.74 Å². The van der Waals surface area contributed by atoms with Gasteiger partial charge in [0.1, 0.15) is 5.75 Å². The molecule has 0 bridgehead atoms. The third kappa shape index (κ3) is 4.62. The van der Waals surface area contributed by atoms with Gasteiger partial charge in [-0.25, -0.2) is 0 Å². The summed E-state index contributed by atoms with van der Waals surface area (Å²) >= 11 is 0. The number of benzene rings is 2. The zero-order chi connectivity index (χ0) is 15.9. The normalized spacial score (nSPS) is 11.9. The maximum Gasteiger partial charge on any atom is 0.303 e. The second-order valence-corrected chi connectivity index (χ2v) is 5.67. The summed E-state index contributed by atoms with van der Waals surface area (Å²) in [6.07, 6.45) is 2.05. The summed E-state index contributed by atoms with van der Waals surface area (Å²) in [7, 11) is 1.66. The van der Waals surface area contributed by atoms with E-state index in [9.17, 15) is 4.79 Å². The molecule has 116 valence electrons. The van der Waals surface area contributed by atoms with Crippen molar-refractivity contribution in [1.29, 1.82) is 0 Å². The molecule has 1 N–H and O–H groups in total. The fourth-order valence-electron chi connectivity index (χ4n) is 2.46. The highest BCUT2D eigenvalue weighted by atomic mass is 16.5. The van der Waals surface area contributed by atoms with Crippen molar-refractivity contribution >= 4 is 5.97 Å². The molecule has 0 heterocycles. The van der Waals surface area contributed by atoms with Crippen molar-refractivity contribution in [3.05, 3.63) is 54.1 Å². The van der Waals surface area contributed by atoms with E-state index < -0.39 is 5.97 Å². The minimum absolute atomic E-state index is 0.207. The van der Waals surface area contributed by atoms with Gasteiger partial charge in [0.2, 0.25) is 0 Å². The summed E-state index contributed by atoms with van der Waals surface area (Å²) in [6, 6.07) is 16.5. The third-order valence-electron chi connectivity index (χ3n) is 3.83. The van der Waals surface area contributed by atoms with E-state index in [1.165, 1.54) is 11.1 Å². The number of methoxy groups -OCH3 is 1. The predicted octanol–water partition coefficient (Wildman–Crippen LogP) is 4.41. The topological polar surface area (TPSA) is 46.5 Å². The van der Waals surface area contributed by atoms with Crippen molar-refractivity contribution in [1.82, 2.24) is 0 Å². The first-order valence-electron chi connectivity index (χ1n) is 7.53. The lowest BCUT2D eigenvalue weighted by atomic mass is 9.97. The van der Waals surface area contributed by atoms with Crippen LogP contribution in [0, 0.1) is 5.92 Å². The number of hydrogen-bond donors (Lipinski definition) is 1. The molecule has 0 aliphatic heterocycles. The van der Waals surface area contributed by atoms with Crippen LogP contribution in [-0.4, -0.2) is 18.2 Å². The van der Waals surface area contributed by atoms with Crippen LogP contribution in [0.1, 0.15) is 25.3 Å². The fourth-order valence-corrected chi connectivity index (χ4v) is 2.46. The van der Waals surface area contributed by atoms with Gasteiger partial charge in [-0.3, -0.25) is 4.79 Å². The first-order valence-corrected chi connectivity index (χ1v) is 7.53. The van der Waals surface area contributed by atoms with E-state index in [2.05, 4.69) is 24.3 Å². The van der Waals surface area contributed by atoms with Gasteiger partial charge in [-0.1, -0.05) is 43.3 Å². The number of carbonyl (C=O) groups is 1. The first-order chi connectivity index (χ1) is 10.6. The number of hydrogen-bond acceptors (Lipinski definition) is 2. The highest BCUT2D eigenvalue weighted by Gasteiger charge is 2.07. The largest absolute Gasteiger partial charge is 0.497 e. The van der Waals surface area contributed by atoms with Gasteiger partial charge in [-0.2, -0.15) is 0 Å². The van der Waals surface area contributed by atoms with E-state index in [4.69, 9.17) is 9.84 Å². The van der Waals surface area contributed by atoms with Crippen LogP contribution in [0.2, 0.25) is 0 Å². The summed E-state index contributed by atoms with van der Waals surface area (Å²) in [5, 5.41) is 8.77. The minimum atomic E-state index is -0.720. The predicted molar refractivity (Wildman–Crippen MR) is 88.2 cm³/mol. The van der Waals surface area contributed by atoms with Gasteiger partial charge in [0, 0.05) is 6.42 Å². The highest BCUT2D eigenvalue weighted by molar-refractivity contribution is 5.67. The van der Waals surface area contributed by atoms with Gasteiger partial charge < -0.3 is 9.84 Å². The molecule has 3 heteroatoms. The average Bonchev–Trinajstić information content (AvgIpc) is 2.53. The lowest BCUT2D eigenvalue weighted by Crippen LogP contribution is -2.05. The molecule has 0 aliphatic rings. The smallest absolute Gasteiger partial charge is 0.303 e. The maximum atomic E-state index is 10.7. The lowest BCUT2D eigenvalue weighted by molar-refractivity contribution is -0.138. The molecule has 22 heavy (non-hydrogen) atoms. The molecular weight excluding hydrogens is 276 g/mol. The van der Waals surface area contributed by atoms with E-state index in [1.54, 1.807) is 7.11 Å². The Kier molecular flexibility index (Phi) is 5.59. The Morgan fingerprint density at radius 1 is 1.05 bits per heavy atom. The summed E-state index contributed by atoms with van der Waals surface area (Å²) in [4.78, 5) is 10.7. The molecule has 1 unspecified atom stereocenters. The van der Waals surface area contributed by atoms with Crippen LogP contribution in [0.3, 0.4) is 0 Å². The Morgan fingerprint density at radius 3 is 2.09 bits per heavy atom. The van der Waals surface area contributed by atoms with Crippen molar-refractivity contribution in [2.24, 2.45) is 5.92 Å². The summed E-state index contributed by atoms with van der Waals surface area (Å²) < 4.78 is 5.16. The molecule has 0 saturated heterocycles. The van der Waals surface area contributed by atoms with Gasteiger partial charge in [0.15, 0.2) is 0 Å². The molecule has 3 nitrogen and oxygen atoms in total. The molecule has 0 aromatic heterocycles. The van der Waals surface area contributed by atoms with Crippen LogP contribution in [-0.2, 0) is 11.2 Å². The Hall–Kier alpha value is -2.29. The van der Waals surface area contributed by atoms with Crippen molar-refractivity contribution in [2.45, 2.75) is 26.2 Å². The van der Waals surface area contributed by atoms with Crippen molar-refractivity contribution in [3.8, 4) is 16.9 Å². The molecule has 2 aromatic carbocycles. The van der Waals surface area contributed by atoms with Crippen molar-refractivity contribution in [3.63, 3.8) is 0 Å². The summed E-state index contributed by atoms with van der Waals surface area (Å²) in [5.41, 5.74) is 3.58. The van der Waals surface area contributed by atoms with Gasteiger partial charge in [-0.15, -0.1) is 0 Å². The van der Waals surface area contributed by atoms with Crippen LogP contribution in [0.25, 0.3) is 11.1 Å². The van der Waals surface area contributed by atoms with E-state index in [0.717, 1.165) is 24.2 Å². The Balaban J connectivity index is 1.96. The van der Waals surface area contributed by atoms with E-state index >= 15 is 0 Å². The Bertz CT molecular complexity index is 600. The molecule has 0 spiro atoms. The average molecular weight is 298 g/mol. The molecule has 0 radical (unpaired) electrons. The lowest BCUT2D eigenvalue weighted by Gasteiger charge is -2.09. The molecule has 2 rings (SSSR count). The zero-order valence-electron chi connectivity index (χ0n) is 13.1. The van der Waals surface area contributed by atoms with Crippen LogP contribution in [0.4, 0.5) is 0 Å². The van der Waals surface area contributed by atoms with Gasteiger partial charge in [0.05, 0.1) is 7.11 Å². The monoisotopic (exact) mass is 298 g/mol. The number of ether oxygens (including phenoxy) is 1. The molecule has 2 aromatic rings. The Labute approximate surface area is 131 Å². The van der Waals surface area contributed by atoms with Gasteiger partial charge >= 0.3 is 5.97 Å². The first kappa shape index (κ1) is 16.1. The molecule has 0 amide bonds. The molecule has 0 aliphatic carbocycles. The number of aliphatic carboxylic acids is 1. The SMILES string of the molecule is COc1ccc(-c2ccc(CCC(C)CC(=O)O)cc2)cc1. The molecule has 0 fully saturated rings. The fraction of sp³-hybridized carbons (Fsp3) is 0.316. The standard InChI is InChI=1S/C19H22O3/c1-14(13-19(20)21)3-4-15-5-7-16(8-6-15)17-9-11-18(22-2)12-10-17/h5-12,14H,3-4,13H2,1-2H3,(H,20,21). The second kappa shape index (κ2) is 7.64. The number of carboxylic acids is 1. The third-order valence-corrected chi connectivity index (χ3v) is 3.83. The van der Waals surface area contributed by atoms with Crippen molar-refractivity contribution < 1.29 is 14.6 Å². The van der Waals surface area contributed by atoms with Gasteiger partial charge in [-0.05, 0) is 47.6 Å². The van der Waals surface area contributed by atoms with E-state index in [1.807, 2.05) is 31.2 Å². The number of aryl methyl sites for hydroxylation is 1. The van der Waals surface area contributed by atoms with E-state index in [0.29, 0.717) is 0 Å². The Morgan fingerprint density at radius 2 is 1.59 bits per heavy atom. The maximum absolute atomic E-state index is 10.7. The van der Waals surface area contributed by atoms with Crippen LogP contribution in [0.15, 0.2) is 48.5 Å². The molecule has 0 saturated carbocycles. The summed E-state index contributed by atoms with van der Waals surface area (Å²) in [5.74, 6) is 0.342. The van der Waals surface area contributed by atoms with Crippen LogP contribution in [0.5, 0.6) is 5.75 Å². The minimum Gasteiger partial charge on any atom is -0.497 e. The number of carboxylic acid groups (broad SMARTS) is 1. The second-order valence-electron chi connectivity index (χ2n) is 5.67. The van der Waals surface area contributed by atoms with E-state index in [-0.39, 0.29) is 12.3 Å². The summed E-state index contributed by atoms with van der Waals surface area (Å²) in [6.45, 7) is 1.99. The number of rotatable bonds is 7.